The number of carbonyl (C=O) groups excluding carboxylic acids is 6. The summed E-state index contributed by atoms with van der Waals surface area (Å²) >= 11 is 0. The average Bonchev–Trinajstić information content (AvgIpc) is 3.03. The van der Waals surface area contributed by atoms with Crippen molar-refractivity contribution < 1.29 is 33.5 Å². The van der Waals surface area contributed by atoms with Crippen LogP contribution in [0.15, 0.2) is 30.3 Å². The Morgan fingerprint density at radius 2 is 1.31 bits per heavy atom. The number of esters is 1. The lowest BCUT2D eigenvalue weighted by atomic mass is 9.94. The topological polar surface area (TPSA) is 172 Å². The summed E-state index contributed by atoms with van der Waals surface area (Å²) in [6.45, 7) is 12.8. The van der Waals surface area contributed by atoms with Gasteiger partial charge in [-0.15, -0.1) is 0 Å². The van der Waals surface area contributed by atoms with Crippen LogP contribution in [-0.4, -0.2) is 72.3 Å². The zero-order chi connectivity index (χ0) is 36.5. The normalized spacial score (nSPS) is 24.4. The highest BCUT2D eigenvalue weighted by Crippen LogP contribution is 2.21. The highest BCUT2D eigenvalue weighted by atomic mass is 16.5. The molecule has 2 rings (SSSR count). The minimum atomic E-state index is -1.11. The van der Waals surface area contributed by atoms with Crippen molar-refractivity contribution >= 4 is 35.5 Å². The maximum atomic E-state index is 13.8. The van der Waals surface area contributed by atoms with Gasteiger partial charge in [0.25, 0.3) is 0 Å². The quantitative estimate of drug-likeness (QED) is 0.166. The van der Waals surface area contributed by atoms with E-state index >= 15 is 0 Å². The lowest BCUT2D eigenvalue weighted by Gasteiger charge is -2.28. The van der Waals surface area contributed by atoms with Gasteiger partial charge in [0.05, 0.1) is 13.0 Å². The Morgan fingerprint density at radius 3 is 1.92 bits per heavy atom. The van der Waals surface area contributed by atoms with Gasteiger partial charge in [0.2, 0.25) is 29.5 Å². The van der Waals surface area contributed by atoms with Gasteiger partial charge in [-0.05, 0) is 49.5 Å². The van der Waals surface area contributed by atoms with E-state index in [4.69, 9.17) is 4.74 Å². The average molecular weight is 686 g/mol. The number of cyclic esters (lactones) is 1. The summed E-state index contributed by atoms with van der Waals surface area (Å²) in [5, 5.41) is 13.5. The van der Waals surface area contributed by atoms with Crippen molar-refractivity contribution in [2.24, 2.45) is 17.8 Å². The van der Waals surface area contributed by atoms with Crippen molar-refractivity contribution in [2.75, 3.05) is 6.54 Å². The summed E-state index contributed by atoms with van der Waals surface area (Å²) in [6.07, 6.45) is 4.46. The predicted molar refractivity (Wildman–Crippen MR) is 188 cm³/mol. The summed E-state index contributed by atoms with van der Waals surface area (Å²) < 4.78 is 6.00. The van der Waals surface area contributed by atoms with E-state index in [0.29, 0.717) is 12.8 Å². The van der Waals surface area contributed by atoms with Crippen LogP contribution in [0.25, 0.3) is 0 Å². The van der Waals surface area contributed by atoms with Crippen LogP contribution in [-0.2, 0) is 39.9 Å². The molecule has 1 heterocycles. The fraction of sp³-hybridized carbons (Fsp3) is 0.676. The van der Waals surface area contributed by atoms with Crippen molar-refractivity contribution in [3.63, 3.8) is 0 Å². The molecule has 5 amide bonds. The number of amides is 5. The second kappa shape index (κ2) is 21.2. The van der Waals surface area contributed by atoms with Crippen LogP contribution in [0.5, 0.6) is 0 Å². The minimum Gasteiger partial charge on any atom is -0.460 e. The van der Waals surface area contributed by atoms with Crippen molar-refractivity contribution in [3.8, 4) is 0 Å². The Labute approximate surface area is 292 Å². The van der Waals surface area contributed by atoms with Crippen LogP contribution in [0.1, 0.15) is 105 Å². The van der Waals surface area contributed by atoms with Gasteiger partial charge in [0, 0.05) is 6.42 Å². The molecule has 0 bridgehead atoms. The third-order valence-corrected chi connectivity index (χ3v) is 8.58. The fourth-order valence-corrected chi connectivity index (χ4v) is 5.75. The molecule has 0 aliphatic carbocycles. The molecule has 274 valence electrons. The van der Waals surface area contributed by atoms with E-state index in [9.17, 15) is 28.8 Å². The zero-order valence-electron chi connectivity index (χ0n) is 30.4. The molecular formula is C37H59N5O7. The first kappa shape index (κ1) is 41.2. The SMILES string of the molecule is CCCCCCC(C)C1CC(=O)NCC(=O)NC(CC(C)C)C(=O)NC(CC(C)C)C(=O)NC(C)C(=O)NC(Cc2ccccc2)C(=O)O1. The first-order chi connectivity index (χ1) is 23.2. The van der Waals surface area contributed by atoms with Crippen molar-refractivity contribution in [2.45, 2.75) is 137 Å². The Morgan fingerprint density at radius 1 is 0.714 bits per heavy atom. The van der Waals surface area contributed by atoms with Gasteiger partial charge in [-0.2, -0.15) is 0 Å². The van der Waals surface area contributed by atoms with Crippen LogP contribution < -0.4 is 26.6 Å². The molecule has 5 N–H and O–H groups in total. The third-order valence-electron chi connectivity index (χ3n) is 8.58. The minimum absolute atomic E-state index is 0.0159. The molecule has 0 aromatic heterocycles. The molecule has 1 saturated heterocycles. The third kappa shape index (κ3) is 15.4. The predicted octanol–water partition coefficient (Wildman–Crippen LogP) is 3.32. The van der Waals surface area contributed by atoms with Crippen molar-refractivity contribution in [3.05, 3.63) is 35.9 Å². The molecule has 0 spiro atoms. The summed E-state index contributed by atoms with van der Waals surface area (Å²) in [5.74, 6) is -3.60. The molecule has 12 heteroatoms. The zero-order valence-corrected chi connectivity index (χ0v) is 30.4. The molecule has 6 unspecified atom stereocenters. The molecule has 1 aliphatic heterocycles. The number of hydrogen-bond donors (Lipinski definition) is 5. The Kier molecular flexibility index (Phi) is 17.8. The first-order valence-corrected chi connectivity index (χ1v) is 17.9. The van der Waals surface area contributed by atoms with E-state index in [1.807, 2.05) is 65.0 Å². The molecule has 1 fully saturated rings. The maximum absolute atomic E-state index is 13.8. The lowest BCUT2D eigenvalue weighted by Crippen LogP contribution is -2.58. The Bertz CT molecular complexity index is 1240. The van der Waals surface area contributed by atoms with Crippen molar-refractivity contribution in [1.82, 2.24) is 26.6 Å². The number of benzene rings is 1. The lowest BCUT2D eigenvalue weighted by molar-refractivity contribution is -0.157. The molecule has 0 saturated carbocycles. The number of unbranched alkanes of at least 4 members (excludes halogenated alkanes) is 3. The highest BCUT2D eigenvalue weighted by Gasteiger charge is 2.33. The van der Waals surface area contributed by atoms with E-state index in [1.165, 1.54) is 6.92 Å². The molecule has 12 nitrogen and oxygen atoms in total. The van der Waals surface area contributed by atoms with Gasteiger partial charge in [0.15, 0.2) is 0 Å². The summed E-state index contributed by atoms with van der Waals surface area (Å²) in [6, 6.07) is 5.05. The highest BCUT2D eigenvalue weighted by molar-refractivity contribution is 5.95. The second-order valence-corrected chi connectivity index (χ2v) is 14.2. The molecule has 0 radical (unpaired) electrons. The number of ether oxygens (including phenoxy) is 1. The van der Waals surface area contributed by atoms with E-state index in [-0.39, 0.29) is 43.6 Å². The molecule has 1 aliphatic rings. The molecule has 6 atom stereocenters. The first-order valence-electron chi connectivity index (χ1n) is 17.9. The standard InChI is InChI=1S/C37H59N5O7/c1-8-9-10-12-15-25(6)31-21-32(43)38-22-33(44)40-28(18-23(2)3)36(47)41-29(19-24(4)5)35(46)39-26(7)34(45)42-30(37(48)49-31)20-27-16-13-11-14-17-27/h11,13-14,16-17,23-26,28-31H,8-10,12,15,18-22H2,1-7H3,(H,38,43)(H,39,46)(H,40,44)(H,41,47)(H,42,45). The van der Waals surface area contributed by atoms with E-state index in [2.05, 4.69) is 33.5 Å². The number of nitrogens with one attached hydrogen (secondary N) is 5. The van der Waals surface area contributed by atoms with Gasteiger partial charge in [-0.25, -0.2) is 4.79 Å². The molecule has 1 aromatic rings. The monoisotopic (exact) mass is 685 g/mol. The van der Waals surface area contributed by atoms with Crippen LogP contribution in [0.4, 0.5) is 0 Å². The Balaban J connectivity index is 2.46. The van der Waals surface area contributed by atoms with Gasteiger partial charge in [-0.3, -0.25) is 24.0 Å². The number of carbonyl (C=O) groups is 6. The van der Waals surface area contributed by atoms with Crippen LogP contribution >= 0.6 is 0 Å². The van der Waals surface area contributed by atoms with Crippen LogP contribution in [0.3, 0.4) is 0 Å². The van der Waals surface area contributed by atoms with Crippen LogP contribution in [0, 0.1) is 17.8 Å². The van der Waals surface area contributed by atoms with Crippen molar-refractivity contribution in [1.29, 1.82) is 0 Å². The fourth-order valence-electron chi connectivity index (χ4n) is 5.75. The van der Waals surface area contributed by atoms with E-state index in [0.717, 1.165) is 31.2 Å². The number of rotatable bonds is 12. The number of hydrogen-bond acceptors (Lipinski definition) is 7. The Hall–Kier alpha value is -3.96. The molecular weight excluding hydrogens is 626 g/mol. The maximum Gasteiger partial charge on any atom is 0.329 e. The van der Waals surface area contributed by atoms with Gasteiger partial charge < -0.3 is 31.3 Å². The van der Waals surface area contributed by atoms with E-state index in [1.54, 1.807) is 0 Å². The van der Waals surface area contributed by atoms with E-state index < -0.39 is 65.8 Å². The summed E-state index contributed by atoms with van der Waals surface area (Å²) in [5.41, 5.74) is 0.781. The van der Waals surface area contributed by atoms with Crippen LogP contribution in [0.2, 0.25) is 0 Å². The van der Waals surface area contributed by atoms with Gasteiger partial charge in [-0.1, -0.05) is 97.6 Å². The molecule has 1 aromatic carbocycles. The summed E-state index contributed by atoms with van der Waals surface area (Å²) in [4.78, 5) is 80.3. The van der Waals surface area contributed by atoms with Gasteiger partial charge in [0.1, 0.15) is 30.3 Å². The largest absolute Gasteiger partial charge is 0.460 e. The second-order valence-electron chi connectivity index (χ2n) is 14.2. The molecule has 49 heavy (non-hydrogen) atoms. The van der Waals surface area contributed by atoms with Gasteiger partial charge >= 0.3 is 5.97 Å². The summed E-state index contributed by atoms with van der Waals surface area (Å²) in [7, 11) is 0. The smallest absolute Gasteiger partial charge is 0.329 e.